The quantitative estimate of drug-likeness (QED) is 0.396. The Labute approximate surface area is 152 Å². The number of thiophene rings is 1. The van der Waals surface area contributed by atoms with Crippen molar-refractivity contribution in [2.24, 2.45) is 0 Å². The number of nitrogens with zero attached hydrogens (tertiary/aromatic N) is 2. The monoisotopic (exact) mass is 415 g/mol. The van der Waals surface area contributed by atoms with E-state index in [2.05, 4.69) is 15.3 Å². The number of aryl methyl sites for hydroxylation is 1. The summed E-state index contributed by atoms with van der Waals surface area (Å²) in [5.41, 5.74) is -0.386. The molecule has 0 amide bonds. The number of nitrogens with one attached hydrogen (secondary N) is 1. The first-order chi connectivity index (χ1) is 12.1. The van der Waals surface area contributed by atoms with Gasteiger partial charge in [-0.2, -0.15) is 0 Å². The molecule has 3 aromatic rings. The van der Waals surface area contributed by atoms with Gasteiger partial charge < -0.3 is 24.9 Å². The van der Waals surface area contributed by atoms with Gasteiger partial charge in [-0.25, -0.2) is 9.97 Å². The van der Waals surface area contributed by atoms with Crippen LogP contribution in [0.5, 0.6) is 0 Å². The molecule has 26 heavy (non-hydrogen) atoms. The second kappa shape index (κ2) is 6.83. The highest BCUT2D eigenvalue weighted by molar-refractivity contribution is 7.71. The second-order valence-corrected chi connectivity index (χ2v) is 10.4. The molecular weight excluding hydrogens is 400 g/mol. The molecular formula is C14H15N3O6P2S. The van der Waals surface area contributed by atoms with Crippen LogP contribution in [0.4, 0.5) is 5.82 Å². The van der Waals surface area contributed by atoms with Crippen molar-refractivity contribution in [2.75, 3.05) is 5.32 Å². The molecule has 5 N–H and O–H groups in total. The van der Waals surface area contributed by atoms with Gasteiger partial charge in [0.1, 0.15) is 17.0 Å². The lowest BCUT2D eigenvalue weighted by atomic mass is 10.1. The minimum absolute atomic E-state index is 0.0539. The summed E-state index contributed by atoms with van der Waals surface area (Å²) >= 11 is 1.34. The topological polar surface area (TPSA) is 153 Å². The SMILES string of the molecule is Cc1cccc(-c2cc3c(NC(P(=O)(O)O)P(=O)(O)O)ncnc3s2)c1. The summed E-state index contributed by atoms with van der Waals surface area (Å²) in [5.74, 6) is -0.0539. The molecule has 0 aliphatic rings. The summed E-state index contributed by atoms with van der Waals surface area (Å²) in [6.45, 7) is 1.95. The maximum absolute atomic E-state index is 11.5. The van der Waals surface area contributed by atoms with Crippen LogP contribution >= 0.6 is 26.5 Å². The van der Waals surface area contributed by atoms with Crippen molar-refractivity contribution >= 4 is 42.6 Å². The molecule has 2 heterocycles. The molecule has 0 aliphatic heterocycles. The Hall–Kier alpha value is -1.64. The normalized spacial score (nSPS) is 12.7. The maximum Gasteiger partial charge on any atom is 0.360 e. The summed E-state index contributed by atoms with van der Waals surface area (Å²) in [5, 5.41) is 2.62. The minimum Gasteiger partial charge on any atom is -0.346 e. The molecule has 0 saturated carbocycles. The molecule has 0 unspecified atom stereocenters. The molecule has 2 aromatic heterocycles. The van der Waals surface area contributed by atoms with Gasteiger partial charge in [-0.1, -0.05) is 29.8 Å². The van der Waals surface area contributed by atoms with E-state index in [1.54, 1.807) is 6.07 Å². The zero-order valence-corrected chi connectivity index (χ0v) is 15.9. The van der Waals surface area contributed by atoms with Crippen LogP contribution in [0.3, 0.4) is 0 Å². The molecule has 12 heteroatoms. The van der Waals surface area contributed by atoms with Crippen molar-refractivity contribution < 1.29 is 28.7 Å². The fourth-order valence-corrected chi connectivity index (χ4v) is 5.54. The molecule has 0 aliphatic carbocycles. The molecule has 138 valence electrons. The highest BCUT2D eigenvalue weighted by atomic mass is 32.1. The molecule has 0 radical (unpaired) electrons. The van der Waals surface area contributed by atoms with Crippen molar-refractivity contribution in [3.05, 3.63) is 42.2 Å². The summed E-state index contributed by atoms with van der Waals surface area (Å²) in [6, 6.07) is 9.45. The average molecular weight is 415 g/mol. The third kappa shape index (κ3) is 4.02. The van der Waals surface area contributed by atoms with Crippen molar-refractivity contribution in [3.8, 4) is 10.4 Å². The van der Waals surface area contributed by atoms with Crippen molar-refractivity contribution in [1.29, 1.82) is 0 Å². The standard InChI is InChI=1S/C14H15N3O6P2S/c1-8-3-2-4-9(5-8)11-6-10-12(15-7-16-13(10)26-11)17-14(24(18,19)20)25(21,22)23/h2-7,14H,1H3,(H,15,16,17)(H2,18,19,20)(H2,21,22,23). The lowest BCUT2D eigenvalue weighted by Crippen LogP contribution is -2.20. The van der Waals surface area contributed by atoms with Crippen LogP contribution in [-0.2, 0) is 9.13 Å². The Bertz CT molecular complexity index is 1040. The summed E-state index contributed by atoms with van der Waals surface area (Å²) in [4.78, 5) is 46.5. The number of benzene rings is 1. The van der Waals surface area contributed by atoms with E-state index in [4.69, 9.17) is 0 Å². The van der Waals surface area contributed by atoms with E-state index in [9.17, 15) is 28.7 Å². The third-order valence-electron chi connectivity index (χ3n) is 3.54. The van der Waals surface area contributed by atoms with E-state index in [0.29, 0.717) is 10.2 Å². The largest absolute Gasteiger partial charge is 0.360 e. The summed E-state index contributed by atoms with van der Waals surface area (Å²) in [6.07, 6.45) is 1.16. The van der Waals surface area contributed by atoms with Crippen molar-refractivity contribution in [2.45, 2.75) is 12.4 Å². The second-order valence-electron chi connectivity index (χ2n) is 5.62. The van der Waals surface area contributed by atoms with Crippen LogP contribution in [0.25, 0.3) is 20.7 Å². The van der Waals surface area contributed by atoms with Gasteiger partial charge in [0.15, 0.2) is 0 Å². The number of anilines is 1. The zero-order chi connectivity index (χ0) is 19.1. The number of rotatable bonds is 5. The summed E-state index contributed by atoms with van der Waals surface area (Å²) < 4.78 is 23.0. The first kappa shape index (κ1) is 19.1. The predicted molar refractivity (Wildman–Crippen MR) is 99.1 cm³/mol. The van der Waals surface area contributed by atoms with Crippen LogP contribution < -0.4 is 5.32 Å². The van der Waals surface area contributed by atoms with Gasteiger partial charge in [0.05, 0.1) is 5.39 Å². The fourth-order valence-electron chi connectivity index (χ4n) is 2.40. The van der Waals surface area contributed by atoms with E-state index in [1.165, 1.54) is 11.3 Å². The van der Waals surface area contributed by atoms with Crippen LogP contribution in [0.1, 0.15) is 5.56 Å². The minimum atomic E-state index is -5.13. The van der Waals surface area contributed by atoms with E-state index < -0.39 is 20.7 Å². The highest BCUT2D eigenvalue weighted by Gasteiger charge is 2.44. The highest BCUT2D eigenvalue weighted by Crippen LogP contribution is 2.59. The predicted octanol–water partition coefficient (Wildman–Crippen LogP) is 2.72. The van der Waals surface area contributed by atoms with Crippen molar-refractivity contribution in [1.82, 2.24) is 9.97 Å². The third-order valence-corrected chi connectivity index (χ3v) is 7.96. The van der Waals surface area contributed by atoms with Gasteiger partial charge in [-0.05, 0) is 18.6 Å². The Morgan fingerprint density at radius 3 is 2.38 bits per heavy atom. The van der Waals surface area contributed by atoms with Crippen LogP contribution in [-0.4, -0.2) is 35.1 Å². The van der Waals surface area contributed by atoms with E-state index >= 15 is 0 Å². The van der Waals surface area contributed by atoms with Gasteiger partial charge in [0.2, 0.25) is 5.52 Å². The molecule has 1 aromatic carbocycles. The fraction of sp³-hybridized carbons (Fsp3) is 0.143. The summed E-state index contributed by atoms with van der Waals surface area (Å²) in [7, 11) is -10.3. The molecule has 0 bridgehead atoms. The first-order valence-electron chi connectivity index (χ1n) is 7.24. The molecule has 0 saturated heterocycles. The number of hydrogen-bond acceptors (Lipinski definition) is 6. The molecule has 9 nitrogen and oxygen atoms in total. The van der Waals surface area contributed by atoms with Gasteiger partial charge in [0.25, 0.3) is 0 Å². The maximum atomic E-state index is 11.5. The number of fused-ring (bicyclic) bond motifs is 1. The Kier molecular flexibility index (Phi) is 5.02. The Morgan fingerprint density at radius 2 is 1.77 bits per heavy atom. The van der Waals surface area contributed by atoms with Crippen LogP contribution in [0.15, 0.2) is 36.7 Å². The lowest BCUT2D eigenvalue weighted by molar-refractivity contribution is 0.343. The van der Waals surface area contributed by atoms with Gasteiger partial charge in [-0.3, -0.25) is 9.13 Å². The molecule has 0 fully saturated rings. The molecule has 0 spiro atoms. The van der Waals surface area contributed by atoms with Crippen LogP contribution in [0, 0.1) is 6.92 Å². The van der Waals surface area contributed by atoms with E-state index in [-0.39, 0.29) is 5.82 Å². The first-order valence-corrected chi connectivity index (χ1v) is 11.4. The Balaban J connectivity index is 2.07. The number of aromatic nitrogens is 2. The van der Waals surface area contributed by atoms with Crippen LogP contribution in [0.2, 0.25) is 0 Å². The molecule has 0 atom stereocenters. The Morgan fingerprint density at radius 1 is 1.08 bits per heavy atom. The zero-order valence-electron chi connectivity index (χ0n) is 13.3. The van der Waals surface area contributed by atoms with E-state index in [1.807, 2.05) is 31.2 Å². The smallest absolute Gasteiger partial charge is 0.346 e. The van der Waals surface area contributed by atoms with Gasteiger partial charge in [-0.15, -0.1) is 11.3 Å². The number of hydrogen-bond donors (Lipinski definition) is 5. The lowest BCUT2D eigenvalue weighted by Gasteiger charge is -2.21. The van der Waals surface area contributed by atoms with Crippen molar-refractivity contribution in [3.63, 3.8) is 0 Å². The van der Waals surface area contributed by atoms with Gasteiger partial charge >= 0.3 is 15.2 Å². The molecule has 3 rings (SSSR count). The average Bonchev–Trinajstić information content (AvgIpc) is 2.95. The van der Waals surface area contributed by atoms with E-state index in [0.717, 1.165) is 22.3 Å². The van der Waals surface area contributed by atoms with Gasteiger partial charge in [0, 0.05) is 4.88 Å².